The van der Waals surface area contributed by atoms with Crippen LogP contribution in [0.25, 0.3) is 10.9 Å². The van der Waals surface area contributed by atoms with Gasteiger partial charge in [-0.2, -0.15) is 0 Å². The molecule has 2 atom stereocenters. The molecule has 31 heavy (non-hydrogen) atoms. The zero-order valence-corrected chi connectivity index (χ0v) is 17.2. The molecule has 160 valence electrons. The SMILES string of the molecule is C[C@@H](/C=C/CCO)[C@]1(O)C(=O)Nc2ccc(NC(=O)Cc3c[nH]c4ccccc34)cc21. The van der Waals surface area contributed by atoms with Crippen LogP contribution in [0, 0.1) is 5.92 Å². The largest absolute Gasteiger partial charge is 0.396 e. The summed E-state index contributed by atoms with van der Waals surface area (Å²) in [5.41, 5.74) is 1.56. The fraction of sp³-hybridized carbons (Fsp3) is 0.250. The van der Waals surface area contributed by atoms with Crippen LogP contribution in [0.5, 0.6) is 0 Å². The number of H-pyrrole nitrogens is 1. The lowest BCUT2D eigenvalue weighted by atomic mass is 9.82. The quantitative estimate of drug-likeness (QED) is 0.379. The van der Waals surface area contributed by atoms with Gasteiger partial charge in [-0.3, -0.25) is 9.59 Å². The fourth-order valence-electron chi connectivity index (χ4n) is 4.01. The second-order valence-corrected chi connectivity index (χ2v) is 7.79. The van der Waals surface area contributed by atoms with E-state index in [2.05, 4.69) is 15.6 Å². The van der Waals surface area contributed by atoms with E-state index in [-0.39, 0.29) is 18.9 Å². The van der Waals surface area contributed by atoms with E-state index in [1.807, 2.05) is 30.5 Å². The molecule has 0 bridgehead atoms. The van der Waals surface area contributed by atoms with Crippen molar-refractivity contribution in [3.63, 3.8) is 0 Å². The molecule has 7 heteroatoms. The molecule has 2 heterocycles. The predicted octanol–water partition coefficient (Wildman–Crippen LogP) is 3.06. The Balaban J connectivity index is 1.54. The van der Waals surface area contributed by atoms with Gasteiger partial charge in [-0.15, -0.1) is 0 Å². The first-order valence-electron chi connectivity index (χ1n) is 10.2. The molecule has 1 aromatic heterocycles. The molecule has 2 aromatic carbocycles. The number of hydrogen-bond acceptors (Lipinski definition) is 4. The third-order valence-electron chi connectivity index (χ3n) is 5.71. The number of fused-ring (bicyclic) bond motifs is 2. The van der Waals surface area contributed by atoms with Gasteiger partial charge in [0.05, 0.1) is 6.42 Å². The van der Waals surface area contributed by atoms with Crippen LogP contribution in [0.3, 0.4) is 0 Å². The van der Waals surface area contributed by atoms with Crippen LogP contribution in [-0.2, 0) is 21.6 Å². The number of carbonyl (C=O) groups is 2. The normalized spacial score (nSPS) is 18.9. The van der Waals surface area contributed by atoms with E-state index in [0.29, 0.717) is 23.4 Å². The van der Waals surface area contributed by atoms with Crippen LogP contribution in [0.1, 0.15) is 24.5 Å². The van der Waals surface area contributed by atoms with Crippen molar-refractivity contribution in [2.75, 3.05) is 17.2 Å². The van der Waals surface area contributed by atoms with Gasteiger partial charge in [0.1, 0.15) is 0 Å². The first-order valence-corrected chi connectivity index (χ1v) is 10.2. The molecule has 0 radical (unpaired) electrons. The van der Waals surface area contributed by atoms with E-state index < -0.39 is 17.4 Å². The van der Waals surface area contributed by atoms with Crippen LogP contribution in [-0.4, -0.2) is 33.6 Å². The lowest BCUT2D eigenvalue weighted by molar-refractivity contribution is -0.137. The van der Waals surface area contributed by atoms with Crippen molar-refractivity contribution in [2.45, 2.75) is 25.4 Å². The van der Waals surface area contributed by atoms with Crippen LogP contribution in [0.4, 0.5) is 11.4 Å². The highest BCUT2D eigenvalue weighted by molar-refractivity contribution is 6.06. The van der Waals surface area contributed by atoms with E-state index in [1.54, 1.807) is 37.3 Å². The molecule has 0 saturated carbocycles. The Morgan fingerprint density at radius 1 is 1.26 bits per heavy atom. The zero-order chi connectivity index (χ0) is 22.0. The van der Waals surface area contributed by atoms with Gasteiger partial charge in [-0.25, -0.2) is 0 Å². The summed E-state index contributed by atoms with van der Waals surface area (Å²) in [5.74, 6) is -1.22. The maximum absolute atomic E-state index is 12.7. The number of benzene rings is 2. The number of aromatic nitrogens is 1. The number of carbonyl (C=O) groups excluding carboxylic acids is 2. The van der Waals surface area contributed by atoms with Crippen LogP contribution >= 0.6 is 0 Å². The molecule has 0 unspecified atom stereocenters. The summed E-state index contributed by atoms with van der Waals surface area (Å²) in [6, 6.07) is 12.8. The fourth-order valence-corrected chi connectivity index (χ4v) is 4.01. The van der Waals surface area contributed by atoms with Crippen molar-refractivity contribution in [2.24, 2.45) is 5.92 Å². The van der Waals surface area contributed by atoms with E-state index >= 15 is 0 Å². The highest BCUT2D eigenvalue weighted by Crippen LogP contribution is 2.42. The number of nitrogens with one attached hydrogen (secondary N) is 3. The lowest BCUT2D eigenvalue weighted by Gasteiger charge is -2.26. The van der Waals surface area contributed by atoms with Gasteiger partial charge in [0, 0.05) is 46.6 Å². The molecule has 4 rings (SSSR count). The Labute approximate surface area is 179 Å². The Morgan fingerprint density at radius 3 is 2.87 bits per heavy atom. The molecule has 1 aliphatic heterocycles. The predicted molar refractivity (Wildman–Crippen MR) is 120 cm³/mol. The molecular weight excluding hydrogens is 394 g/mol. The van der Waals surface area contributed by atoms with Gasteiger partial charge in [0.15, 0.2) is 5.60 Å². The first kappa shape index (κ1) is 20.8. The lowest BCUT2D eigenvalue weighted by Crippen LogP contribution is -2.39. The summed E-state index contributed by atoms with van der Waals surface area (Å²) in [6.07, 6.45) is 5.92. The molecule has 2 amide bonds. The van der Waals surface area contributed by atoms with E-state index in [4.69, 9.17) is 5.11 Å². The van der Waals surface area contributed by atoms with E-state index in [0.717, 1.165) is 16.5 Å². The number of hydrogen-bond donors (Lipinski definition) is 5. The minimum atomic E-state index is -1.75. The Hall–Kier alpha value is -3.42. The highest BCUT2D eigenvalue weighted by Gasteiger charge is 2.48. The van der Waals surface area contributed by atoms with Crippen molar-refractivity contribution in [1.82, 2.24) is 4.98 Å². The number of para-hydroxylation sites is 1. The van der Waals surface area contributed by atoms with Gasteiger partial charge in [-0.1, -0.05) is 37.3 Å². The van der Waals surface area contributed by atoms with Crippen LogP contribution in [0.2, 0.25) is 0 Å². The highest BCUT2D eigenvalue weighted by atomic mass is 16.3. The Kier molecular flexibility index (Phi) is 5.63. The minimum absolute atomic E-state index is 0.00294. The number of aliphatic hydroxyl groups excluding tert-OH is 1. The first-order chi connectivity index (χ1) is 14.9. The number of rotatable bonds is 7. The molecule has 7 nitrogen and oxygen atoms in total. The molecular formula is C24H25N3O4. The second kappa shape index (κ2) is 8.37. The molecule has 0 spiro atoms. The summed E-state index contributed by atoms with van der Waals surface area (Å²) in [5, 5.41) is 26.7. The average molecular weight is 419 g/mol. The van der Waals surface area contributed by atoms with E-state index in [1.165, 1.54) is 0 Å². The maximum atomic E-state index is 12.7. The smallest absolute Gasteiger partial charge is 0.261 e. The molecule has 0 aliphatic carbocycles. The van der Waals surface area contributed by atoms with E-state index in [9.17, 15) is 14.7 Å². The third-order valence-corrected chi connectivity index (χ3v) is 5.71. The average Bonchev–Trinajstić information content (AvgIpc) is 3.27. The molecule has 5 N–H and O–H groups in total. The topological polar surface area (TPSA) is 114 Å². The summed E-state index contributed by atoms with van der Waals surface area (Å²) in [7, 11) is 0. The summed E-state index contributed by atoms with van der Waals surface area (Å²) < 4.78 is 0. The monoisotopic (exact) mass is 419 g/mol. The second-order valence-electron chi connectivity index (χ2n) is 7.79. The van der Waals surface area contributed by atoms with Crippen molar-refractivity contribution < 1.29 is 19.8 Å². The summed E-state index contributed by atoms with van der Waals surface area (Å²) in [6.45, 7) is 1.74. The number of amides is 2. The van der Waals surface area contributed by atoms with Crippen LogP contribution < -0.4 is 10.6 Å². The molecule has 0 fully saturated rings. The van der Waals surface area contributed by atoms with Crippen LogP contribution in [0.15, 0.2) is 60.8 Å². The van der Waals surface area contributed by atoms with Gasteiger partial charge >= 0.3 is 0 Å². The Bertz CT molecular complexity index is 1170. The third kappa shape index (κ3) is 3.85. The molecule has 3 aromatic rings. The molecule has 1 aliphatic rings. The zero-order valence-electron chi connectivity index (χ0n) is 17.2. The van der Waals surface area contributed by atoms with Gasteiger partial charge in [0.2, 0.25) is 5.91 Å². The van der Waals surface area contributed by atoms with Crippen molar-refractivity contribution in [3.8, 4) is 0 Å². The summed E-state index contributed by atoms with van der Waals surface area (Å²) in [4.78, 5) is 28.4. The summed E-state index contributed by atoms with van der Waals surface area (Å²) >= 11 is 0. The van der Waals surface area contributed by atoms with Crippen molar-refractivity contribution in [1.29, 1.82) is 0 Å². The maximum Gasteiger partial charge on any atom is 0.261 e. The standard InChI is InChI=1S/C24H25N3O4/c1-15(6-4-5-11-28)24(31)19-13-17(9-10-21(19)27-23(24)30)26-22(29)12-16-14-25-20-8-3-2-7-18(16)20/h2-4,6-10,13-15,25,28,31H,5,11-12H2,1H3,(H,26,29)(H,27,30)/b6-4+/t15-,24+/m0/s1. The number of aromatic amines is 1. The van der Waals surface area contributed by atoms with Gasteiger partial charge in [0.25, 0.3) is 5.91 Å². The van der Waals surface area contributed by atoms with Gasteiger partial charge < -0.3 is 25.8 Å². The van der Waals surface area contributed by atoms with Crippen molar-refractivity contribution in [3.05, 3.63) is 71.9 Å². The number of aliphatic hydroxyl groups is 2. The van der Waals surface area contributed by atoms with Crippen molar-refractivity contribution >= 4 is 34.1 Å². The number of anilines is 2. The molecule has 0 saturated heterocycles. The minimum Gasteiger partial charge on any atom is -0.396 e. The van der Waals surface area contributed by atoms with Gasteiger partial charge in [-0.05, 0) is 36.2 Å². The Morgan fingerprint density at radius 2 is 2.06 bits per heavy atom.